The summed E-state index contributed by atoms with van der Waals surface area (Å²) in [5.41, 5.74) is 5.09. The minimum absolute atomic E-state index is 0.631. The fourth-order valence-corrected chi connectivity index (χ4v) is 1.15. The van der Waals surface area contributed by atoms with Crippen LogP contribution in [0, 0.1) is 24.4 Å². The maximum absolute atomic E-state index is 13.3. The predicted octanol–water partition coefficient (Wildman–Crippen LogP) is 3.05. The van der Waals surface area contributed by atoms with Crippen LogP contribution in [0.4, 0.5) is 18.9 Å². The van der Waals surface area contributed by atoms with E-state index in [4.69, 9.17) is 10.6 Å². The molecule has 0 fully saturated rings. The van der Waals surface area contributed by atoms with Crippen molar-refractivity contribution in [1.29, 1.82) is 0 Å². The monoisotopic (exact) mass is 231 g/mol. The summed E-state index contributed by atoms with van der Waals surface area (Å²) >= 11 is 0. The second kappa shape index (κ2) is 4.11. The van der Waals surface area contributed by atoms with Gasteiger partial charge in [-0.2, -0.15) is 0 Å². The van der Waals surface area contributed by atoms with Gasteiger partial charge in [0.2, 0.25) is 0 Å². The Kier molecular flexibility index (Phi) is 3.05. The van der Waals surface area contributed by atoms with E-state index in [-0.39, 0.29) is 0 Å². The summed E-state index contributed by atoms with van der Waals surface area (Å²) in [6, 6.07) is 0. The molecule has 0 amide bonds. The lowest BCUT2D eigenvalue weighted by molar-refractivity contribution is 0.0689. The number of benzene rings is 1. The summed E-state index contributed by atoms with van der Waals surface area (Å²) in [4.78, 5) is 12.7. The lowest BCUT2D eigenvalue weighted by Gasteiger charge is -2.07. The summed E-state index contributed by atoms with van der Waals surface area (Å²) < 4.78 is 39.6. The van der Waals surface area contributed by atoms with Crippen LogP contribution in [0.1, 0.15) is 15.9 Å². The van der Waals surface area contributed by atoms with E-state index in [1.165, 1.54) is 0 Å². The van der Waals surface area contributed by atoms with Crippen molar-refractivity contribution >= 4 is 11.7 Å². The molecule has 1 N–H and O–H groups in total. The zero-order valence-corrected chi connectivity index (χ0v) is 7.83. The van der Waals surface area contributed by atoms with Gasteiger partial charge in [-0.25, -0.2) is 18.0 Å². The minimum Gasteiger partial charge on any atom is -0.478 e. The molecule has 0 atom stereocenters. The van der Waals surface area contributed by atoms with Crippen LogP contribution in [0.15, 0.2) is 5.11 Å². The Morgan fingerprint density at radius 3 is 2.31 bits per heavy atom. The number of azide groups is 1. The maximum atomic E-state index is 13.3. The summed E-state index contributed by atoms with van der Waals surface area (Å²) in [6.45, 7) is 0.942. The number of aromatic carboxylic acids is 1. The van der Waals surface area contributed by atoms with Crippen LogP contribution >= 0.6 is 0 Å². The van der Waals surface area contributed by atoms with Gasteiger partial charge < -0.3 is 5.11 Å². The zero-order valence-electron chi connectivity index (χ0n) is 7.83. The quantitative estimate of drug-likeness (QED) is 0.367. The van der Waals surface area contributed by atoms with Crippen molar-refractivity contribution in [2.75, 3.05) is 0 Å². The first-order valence-corrected chi connectivity index (χ1v) is 3.87. The molecule has 16 heavy (non-hydrogen) atoms. The molecule has 0 aliphatic carbocycles. The molecule has 0 aliphatic rings. The van der Waals surface area contributed by atoms with Gasteiger partial charge in [0.15, 0.2) is 11.6 Å². The largest absolute Gasteiger partial charge is 0.478 e. The Hall–Kier alpha value is -2.21. The highest BCUT2D eigenvalue weighted by molar-refractivity contribution is 5.90. The molecule has 0 spiro atoms. The molecule has 5 nitrogen and oxygen atoms in total. The molecule has 0 aromatic heterocycles. The van der Waals surface area contributed by atoms with Crippen LogP contribution in [0.25, 0.3) is 10.4 Å². The van der Waals surface area contributed by atoms with Crippen molar-refractivity contribution in [2.24, 2.45) is 5.11 Å². The van der Waals surface area contributed by atoms with E-state index in [1.807, 2.05) is 0 Å². The highest BCUT2D eigenvalue weighted by atomic mass is 19.2. The standard InChI is InChI=1S/C8H4F3N3O2/c1-2-3(8(15)16)5(10)6(11)7(4(2)9)13-14-12/h1H3,(H,15,16). The lowest BCUT2D eigenvalue weighted by Crippen LogP contribution is -2.08. The van der Waals surface area contributed by atoms with Gasteiger partial charge in [-0.15, -0.1) is 0 Å². The first kappa shape index (κ1) is 11.9. The van der Waals surface area contributed by atoms with Crippen LogP contribution in [-0.4, -0.2) is 11.1 Å². The molecular weight excluding hydrogens is 227 g/mol. The molecule has 0 aliphatic heterocycles. The Balaban J connectivity index is 3.76. The van der Waals surface area contributed by atoms with E-state index in [0.717, 1.165) is 6.92 Å². The minimum atomic E-state index is -1.82. The van der Waals surface area contributed by atoms with Crippen LogP contribution in [-0.2, 0) is 0 Å². The molecule has 0 unspecified atom stereocenters. The fourth-order valence-electron chi connectivity index (χ4n) is 1.15. The average Bonchev–Trinajstić information content (AvgIpc) is 2.21. The number of hydrogen-bond acceptors (Lipinski definition) is 2. The highest BCUT2D eigenvalue weighted by Crippen LogP contribution is 2.30. The van der Waals surface area contributed by atoms with Gasteiger partial charge in [-0.3, -0.25) is 0 Å². The van der Waals surface area contributed by atoms with E-state index < -0.39 is 40.2 Å². The van der Waals surface area contributed by atoms with Crippen molar-refractivity contribution in [3.63, 3.8) is 0 Å². The van der Waals surface area contributed by atoms with E-state index in [0.29, 0.717) is 0 Å². The van der Waals surface area contributed by atoms with Crippen LogP contribution in [0.2, 0.25) is 0 Å². The number of rotatable bonds is 2. The molecule has 0 saturated carbocycles. The molecule has 84 valence electrons. The molecule has 0 radical (unpaired) electrons. The third-order valence-electron chi connectivity index (χ3n) is 1.89. The molecular formula is C8H4F3N3O2. The van der Waals surface area contributed by atoms with Crippen molar-refractivity contribution in [1.82, 2.24) is 0 Å². The number of nitrogens with zero attached hydrogens (tertiary/aromatic N) is 3. The van der Waals surface area contributed by atoms with E-state index in [9.17, 15) is 18.0 Å². The predicted molar refractivity (Wildman–Crippen MR) is 46.8 cm³/mol. The Morgan fingerprint density at radius 1 is 1.31 bits per heavy atom. The second-order valence-corrected chi connectivity index (χ2v) is 2.79. The number of halogens is 3. The molecule has 0 saturated heterocycles. The molecule has 8 heteroatoms. The number of carbonyl (C=O) groups is 1. The van der Waals surface area contributed by atoms with Gasteiger partial charge >= 0.3 is 5.97 Å². The van der Waals surface area contributed by atoms with Crippen molar-refractivity contribution in [2.45, 2.75) is 6.92 Å². The Bertz CT molecular complexity index is 462. The molecule has 0 bridgehead atoms. The van der Waals surface area contributed by atoms with Crippen molar-refractivity contribution in [3.8, 4) is 0 Å². The highest BCUT2D eigenvalue weighted by Gasteiger charge is 2.25. The lowest BCUT2D eigenvalue weighted by atomic mass is 10.1. The molecule has 1 rings (SSSR count). The smallest absolute Gasteiger partial charge is 0.339 e. The van der Waals surface area contributed by atoms with Gasteiger partial charge in [-0.1, -0.05) is 5.11 Å². The topological polar surface area (TPSA) is 86.1 Å². The van der Waals surface area contributed by atoms with Gasteiger partial charge in [0.1, 0.15) is 17.1 Å². The van der Waals surface area contributed by atoms with Gasteiger partial charge in [-0.05, 0) is 12.5 Å². The molecule has 0 heterocycles. The third-order valence-corrected chi connectivity index (χ3v) is 1.89. The SMILES string of the molecule is Cc1c(F)c(N=[N+]=[N-])c(F)c(F)c1C(=O)O. The third kappa shape index (κ3) is 1.66. The van der Waals surface area contributed by atoms with E-state index in [2.05, 4.69) is 10.0 Å². The Morgan fingerprint density at radius 2 is 1.88 bits per heavy atom. The second-order valence-electron chi connectivity index (χ2n) is 2.79. The number of carboxylic acids is 1. The average molecular weight is 231 g/mol. The van der Waals surface area contributed by atoms with Crippen LogP contribution in [0.3, 0.4) is 0 Å². The summed E-state index contributed by atoms with van der Waals surface area (Å²) in [6.07, 6.45) is 0. The number of carboxylic acid groups (broad SMARTS) is 1. The summed E-state index contributed by atoms with van der Waals surface area (Å²) in [5.74, 6) is -6.78. The fraction of sp³-hybridized carbons (Fsp3) is 0.125. The van der Waals surface area contributed by atoms with Gasteiger partial charge in [0.25, 0.3) is 0 Å². The first-order chi connectivity index (χ1) is 7.41. The van der Waals surface area contributed by atoms with E-state index >= 15 is 0 Å². The summed E-state index contributed by atoms with van der Waals surface area (Å²) in [5, 5.41) is 11.2. The van der Waals surface area contributed by atoms with Crippen molar-refractivity contribution in [3.05, 3.63) is 39.0 Å². The maximum Gasteiger partial charge on any atom is 0.339 e. The normalized spacial score (nSPS) is 9.75. The number of hydrogen-bond donors (Lipinski definition) is 1. The zero-order chi connectivity index (χ0) is 12.5. The van der Waals surface area contributed by atoms with E-state index in [1.54, 1.807) is 0 Å². The van der Waals surface area contributed by atoms with Crippen molar-refractivity contribution < 1.29 is 23.1 Å². The molecule has 1 aromatic rings. The first-order valence-electron chi connectivity index (χ1n) is 3.87. The molecule has 1 aromatic carbocycles. The van der Waals surface area contributed by atoms with Crippen LogP contribution < -0.4 is 0 Å². The Labute approximate surface area is 86.7 Å². The van der Waals surface area contributed by atoms with Crippen LogP contribution in [0.5, 0.6) is 0 Å². The summed E-state index contributed by atoms with van der Waals surface area (Å²) in [7, 11) is 0. The van der Waals surface area contributed by atoms with Gasteiger partial charge in [0, 0.05) is 10.5 Å². The van der Waals surface area contributed by atoms with Gasteiger partial charge in [0.05, 0.1) is 0 Å².